The van der Waals surface area contributed by atoms with E-state index in [0.717, 1.165) is 18.4 Å². The molecule has 7 nitrogen and oxygen atoms in total. The van der Waals surface area contributed by atoms with E-state index in [9.17, 15) is 18.8 Å². The fraction of sp³-hybridized carbons (Fsp3) is 0.462. The van der Waals surface area contributed by atoms with Crippen molar-refractivity contribution in [3.05, 3.63) is 59.4 Å². The van der Waals surface area contributed by atoms with Gasteiger partial charge in [0.1, 0.15) is 12.4 Å². The molecule has 0 N–H and O–H groups in total. The predicted molar refractivity (Wildman–Crippen MR) is 139 cm³/mol. The zero-order valence-corrected chi connectivity index (χ0v) is 22.0. The van der Waals surface area contributed by atoms with Crippen molar-refractivity contribution >= 4 is 47.1 Å². The van der Waals surface area contributed by atoms with Crippen LogP contribution in [0.25, 0.3) is 6.08 Å². The van der Waals surface area contributed by atoms with E-state index in [0.29, 0.717) is 37.4 Å². The first-order valence-electron chi connectivity index (χ1n) is 11.9. The van der Waals surface area contributed by atoms with Crippen LogP contribution in [-0.4, -0.2) is 56.3 Å². The summed E-state index contributed by atoms with van der Waals surface area (Å²) in [7, 11) is 0. The van der Waals surface area contributed by atoms with Gasteiger partial charge in [0.2, 0.25) is 0 Å². The molecule has 2 unspecified atom stereocenters. The van der Waals surface area contributed by atoms with Crippen LogP contribution in [0, 0.1) is 11.7 Å². The Bertz CT molecular complexity index is 1130. The lowest BCUT2D eigenvalue weighted by molar-refractivity contribution is -0.143. The zero-order chi connectivity index (χ0) is 24.9. The standard InChI is InChI=1S/C26H30FN3O4S.ClH/c1-3-34-24(32)15-30-16-28-13-20(30)12-19-14-29(11-10-23(19)35-17(2)31)25(26(33)18-8-9-18)21-6-4-5-7-22(21)27;/h4-7,12-13,16,18,23,25H,3,8-11,14-15H2,1-2H3;1H/b19-12+;. The van der Waals surface area contributed by atoms with E-state index in [2.05, 4.69) is 4.98 Å². The second-order valence-corrected chi connectivity index (χ2v) is 10.3. The first kappa shape index (κ1) is 28.1. The van der Waals surface area contributed by atoms with Crippen molar-refractivity contribution in [1.29, 1.82) is 0 Å². The summed E-state index contributed by atoms with van der Waals surface area (Å²) in [5, 5.41) is -0.0684. The molecule has 36 heavy (non-hydrogen) atoms. The van der Waals surface area contributed by atoms with Crippen molar-refractivity contribution in [2.24, 2.45) is 5.92 Å². The predicted octanol–water partition coefficient (Wildman–Crippen LogP) is 4.46. The topological polar surface area (TPSA) is 81.5 Å². The molecule has 1 aliphatic heterocycles. The van der Waals surface area contributed by atoms with Crippen molar-refractivity contribution < 1.29 is 23.5 Å². The lowest BCUT2D eigenvalue weighted by atomic mass is 9.93. The van der Waals surface area contributed by atoms with E-state index in [1.54, 1.807) is 49.1 Å². The van der Waals surface area contributed by atoms with Gasteiger partial charge in [-0.15, -0.1) is 12.4 Å². The van der Waals surface area contributed by atoms with E-state index in [1.165, 1.54) is 17.8 Å². The summed E-state index contributed by atoms with van der Waals surface area (Å²) in [6.07, 6.45) is 7.48. The Morgan fingerprint density at radius 3 is 2.67 bits per heavy atom. The van der Waals surface area contributed by atoms with Crippen LogP contribution >= 0.6 is 24.2 Å². The van der Waals surface area contributed by atoms with E-state index in [4.69, 9.17) is 4.74 Å². The van der Waals surface area contributed by atoms with Gasteiger partial charge in [-0.05, 0) is 43.9 Å². The summed E-state index contributed by atoms with van der Waals surface area (Å²) < 4.78 is 21.6. The van der Waals surface area contributed by atoms with Crippen molar-refractivity contribution in [3.63, 3.8) is 0 Å². The number of rotatable bonds is 9. The van der Waals surface area contributed by atoms with Crippen molar-refractivity contribution in [1.82, 2.24) is 14.5 Å². The number of thioether (sulfide) groups is 1. The largest absolute Gasteiger partial charge is 0.465 e. The van der Waals surface area contributed by atoms with Crippen LogP contribution in [0.1, 0.15) is 50.4 Å². The first-order valence-corrected chi connectivity index (χ1v) is 12.8. The van der Waals surface area contributed by atoms with Gasteiger partial charge < -0.3 is 9.30 Å². The number of halogens is 2. The third-order valence-corrected chi connectivity index (χ3v) is 7.44. The van der Waals surface area contributed by atoms with Gasteiger partial charge in [0, 0.05) is 36.7 Å². The van der Waals surface area contributed by atoms with Gasteiger partial charge in [-0.3, -0.25) is 19.3 Å². The third-order valence-electron chi connectivity index (χ3n) is 6.28. The molecule has 4 rings (SSSR count). The molecular weight excluding hydrogens is 505 g/mol. The average Bonchev–Trinajstić information content (AvgIpc) is 3.58. The van der Waals surface area contributed by atoms with E-state index in [-0.39, 0.29) is 52.8 Å². The molecule has 2 fully saturated rings. The molecule has 0 amide bonds. The molecule has 0 spiro atoms. The molecule has 2 heterocycles. The monoisotopic (exact) mass is 535 g/mol. The maximum absolute atomic E-state index is 14.8. The number of carbonyl (C=O) groups is 3. The highest BCUT2D eigenvalue weighted by molar-refractivity contribution is 8.14. The van der Waals surface area contributed by atoms with Crippen molar-refractivity contribution in [3.8, 4) is 0 Å². The number of imidazole rings is 1. The van der Waals surface area contributed by atoms with Crippen LogP contribution in [0.15, 0.2) is 42.4 Å². The quantitative estimate of drug-likeness (QED) is 0.438. The van der Waals surface area contributed by atoms with Gasteiger partial charge >= 0.3 is 5.97 Å². The van der Waals surface area contributed by atoms with Gasteiger partial charge in [0.25, 0.3) is 0 Å². The van der Waals surface area contributed by atoms with Crippen LogP contribution in [0.4, 0.5) is 4.39 Å². The number of hydrogen-bond acceptors (Lipinski definition) is 7. The van der Waals surface area contributed by atoms with Crippen molar-refractivity contribution in [2.75, 3.05) is 19.7 Å². The van der Waals surface area contributed by atoms with Crippen LogP contribution in [-0.2, 0) is 25.7 Å². The molecule has 0 bridgehead atoms. The summed E-state index contributed by atoms with van der Waals surface area (Å²) in [5.41, 5.74) is 2.04. The molecule has 1 saturated carbocycles. The average molecular weight is 536 g/mol. The second-order valence-electron chi connectivity index (χ2n) is 8.93. The van der Waals surface area contributed by atoms with E-state index >= 15 is 0 Å². The highest BCUT2D eigenvalue weighted by Crippen LogP contribution is 2.40. The third kappa shape index (κ3) is 6.83. The molecule has 1 aromatic heterocycles. The minimum atomic E-state index is -0.667. The summed E-state index contributed by atoms with van der Waals surface area (Å²) in [6.45, 7) is 4.60. The van der Waals surface area contributed by atoms with Gasteiger partial charge in [0.15, 0.2) is 10.9 Å². The Hall–Kier alpha value is -2.49. The summed E-state index contributed by atoms with van der Waals surface area (Å²) in [4.78, 5) is 43.5. The number of ketones is 1. The molecule has 0 radical (unpaired) electrons. The number of ether oxygens (including phenoxy) is 1. The number of Topliss-reactive ketones (excluding diaryl/α,β-unsaturated/α-hetero) is 1. The first-order chi connectivity index (χ1) is 16.9. The Morgan fingerprint density at radius 1 is 1.25 bits per heavy atom. The zero-order valence-electron chi connectivity index (χ0n) is 20.4. The summed E-state index contributed by atoms with van der Waals surface area (Å²) in [5.74, 6) is -0.716. The number of piperidine rings is 1. The molecule has 1 aromatic carbocycles. The lowest BCUT2D eigenvalue weighted by Crippen LogP contribution is -2.43. The van der Waals surface area contributed by atoms with Crippen molar-refractivity contribution in [2.45, 2.75) is 50.9 Å². The number of nitrogens with zero attached hydrogens (tertiary/aromatic N) is 3. The van der Waals surface area contributed by atoms with Gasteiger partial charge in [-0.1, -0.05) is 30.0 Å². The Kier molecular flexibility index (Phi) is 9.87. The summed E-state index contributed by atoms with van der Waals surface area (Å²) in [6, 6.07) is 5.80. The Labute approximate surface area is 220 Å². The highest BCUT2D eigenvalue weighted by Gasteiger charge is 2.41. The Balaban J connectivity index is 0.00000361. The molecule has 10 heteroatoms. The fourth-order valence-electron chi connectivity index (χ4n) is 4.51. The second kappa shape index (κ2) is 12.7. The molecule has 1 aliphatic carbocycles. The molecule has 1 saturated heterocycles. The smallest absolute Gasteiger partial charge is 0.325 e. The van der Waals surface area contributed by atoms with Gasteiger partial charge in [-0.25, -0.2) is 9.37 Å². The van der Waals surface area contributed by atoms with Crippen LogP contribution in [0.2, 0.25) is 0 Å². The van der Waals surface area contributed by atoms with Crippen LogP contribution in [0.5, 0.6) is 0 Å². The Morgan fingerprint density at radius 2 is 2.00 bits per heavy atom. The minimum absolute atomic E-state index is 0. The van der Waals surface area contributed by atoms with Gasteiger partial charge in [0.05, 0.1) is 30.9 Å². The van der Waals surface area contributed by atoms with Crippen LogP contribution in [0.3, 0.4) is 0 Å². The number of benzene rings is 1. The minimum Gasteiger partial charge on any atom is -0.465 e. The normalized spacial score (nSPS) is 20.0. The number of carbonyl (C=O) groups excluding carboxylic acids is 3. The molecule has 2 aliphatic rings. The number of likely N-dealkylation sites (tertiary alicyclic amines) is 1. The number of esters is 1. The maximum atomic E-state index is 14.8. The van der Waals surface area contributed by atoms with Gasteiger partial charge in [-0.2, -0.15) is 0 Å². The highest BCUT2D eigenvalue weighted by atomic mass is 35.5. The van der Waals surface area contributed by atoms with Crippen LogP contribution < -0.4 is 0 Å². The molecule has 2 atom stereocenters. The van der Waals surface area contributed by atoms with E-state index in [1.807, 2.05) is 11.0 Å². The molecular formula is C26H31ClFN3O4S. The number of hydrogen-bond donors (Lipinski definition) is 0. The molecule has 2 aromatic rings. The van der Waals surface area contributed by atoms with E-state index < -0.39 is 6.04 Å². The fourth-order valence-corrected chi connectivity index (χ4v) is 5.43. The summed E-state index contributed by atoms with van der Waals surface area (Å²) >= 11 is 1.26. The maximum Gasteiger partial charge on any atom is 0.325 e. The molecule has 194 valence electrons. The SMILES string of the molecule is CCOC(=O)Cn1cncc1/C=C1\CN(C(C(=O)C2CC2)c2ccccc2F)CCC1SC(C)=O.Cl. The lowest BCUT2D eigenvalue weighted by Gasteiger charge is -2.38. The number of aromatic nitrogens is 2.